The topological polar surface area (TPSA) is 43.0 Å². The number of anilines is 2. The molecule has 0 bridgehead atoms. The molecule has 2 aromatic carbocycles. The molecule has 3 rings (SSSR count). The van der Waals surface area contributed by atoms with Gasteiger partial charge in [0.05, 0.1) is 27.4 Å². The van der Waals surface area contributed by atoms with Crippen molar-refractivity contribution in [1.29, 1.82) is 0 Å². The molecule has 1 N–H and O–H groups in total. The fraction of sp³-hybridized carbons (Fsp3) is 0.368. The maximum atomic E-state index is 5.47. The van der Waals surface area contributed by atoms with Crippen LogP contribution in [-0.2, 0) is 11.3 Å². The fourth-order valence-electron chi connectivity index (χ4n) is 2.90. The molecule has 6 heteroatoms. The maximum absolute atomic E-state index is 5.47. The van der Waals surface area contributed by atoms with E-state index in [-0.39, 0.29) is 12.4 Å². The molecule has 1 fully saturated rings. The number of ether oxygens (including phenoxy) is 3. The predicted octanol–water partition coefficient (Wildman–Crippen LogP) is 3.57. The molecule has 0 aliphatic carbocycles. The largest absolute Gasteiger partial charge is 0.493 e. The quantitative estimate of drug-likeness (QED) is 0.848. The molecule has 2 aromatic rings. The molecule has 0 saturated carbocycles. The van der Waals surface area contributed by atoms with Crippen molar-refractivity contribution in [3.8, 4) is 11.5 Å². The van der Waals surface area contributed by atoms with E-state index in [4.69, 9.17) is 14.2 Å². The van der Waals surface area contributed by atoms with Crippen molar-refractivity contribution in [2.24, 2.45) is 0 Å². The van der Waals surface area contributed by atoms with E-state index in [1.54, 1.807) is 14.2 Å². The number of para-hydroxylation sites is 1. The summed E-state index contributed by atoms with van der Waals surface area (Å²) in [5.74, 6) is 1.52. The molecule has 136 valence electrons. The van der Waals surface area contributed by atoms with Crippen molar-refractivity contribution in [3.05, 3.63) is 48.0 Å². The Kier molecular flexibility index (Phi) is 7.22. The summed E-state index contributed by atoms with van der Waals surface area (Å²) in [4.78, 5) is 2.35. The van der Waals surface area contributed by atoms with Gasteiger partial charge in [0.15, 0.2) is 11.5 Å². The van der Waals surface area contributed by atoms with Crippen molar-refractivity contribution in [2.45, 2.75) is 6.54 Å². The molecule has 25 heavy (non-hydrogen) atoms. The van der Waals surface area contributed by atoms with Crippen LogP contribution < -0.4 is 19.7 Å². The van der Waals surface area contributed by atoms with Gasteiger partial charge in [-0.2, -0.15) is 0 Å². The monoisotopic (exact) mass is 364 g/mol. The van der Waals surface area contributed by atoms with Gasteiger partial charge in [-0.05, 0) is 30.3 Å². The molecule has 0 atom stereocenters. The Bertz CT molecular complexity index is 658. The van der Waals surface area contributed by atoms with Gasteiger partial charge in [-0.15, -0.1) is 12.4 Å². The van der Waals surface area contributed by atoms with Crippen LogP contribution in [0.25, 0.3) is 0 Å². The molecular formula is C19H25ClN2O3. The number of nitrogens with one attached hydrogen (secondary N) is 1. The van der Waals surface area contributed by atoms with Crippen molar-refractivity contribution >= 4 is 23.8 Å². The second-order valence-corrected chi connectivity index (χ2v) is 5.65. The number of methoxy groups -OCH3 is 2. The average molecular weight is 365 g/mol. The zero-order chi connectivity index (χ0) is 16.8. The molecule has 1 heterocycles. The normalized spacial score (nSPS) is 13.8. The Labute approximate surface area is 155 Å². The molecule has 1 aliphatic heterocycles. The third-order valence-electron chi connectivity index (χ3n) is 4.21. The lowest BCUT2D eigenvalue weighted by Gasteiger charge is -2.29. The highest BCUT2D eigenvalue weighted by molar-refractivity contribution is 5.85. The minimum Gasteiger partial charge on any atom is -0.493 e. The van der Waals surface area contributed by atoms with Crippen LogP contribution in [-0.4, -0.2) is 40.5 Å². The van der Waals surface area contributed by atoms with E-state index >= 15 is 0 Å². The van der Waals surface area contributed by atoms with Crippen molar-refractivity contribution in [2.75, 3.05) is 50.7 Å². The van der Waals surface area contributed by atoms with Crippen LogP contribution >= 0.6 is 12.4 Å². The van der Waals surface area contributed by atoms with Crippen LogP contribution in [0, 0.1) is 0 Å². The van der Waals surface area contributed by atoms with E-state index in [1.807, 2.05) is 18.2 Å². The summed E-state index contributed by atoms with van der Waals surface area (Å²) in [6.07, 6.45) is 0. The second kappa shape index (κ2) is 9.39. The number of halogens is 1. The second-order valence-electron chi connectivity index (χ2n) is 5.65. The van der Waals surface area contributed by atoms with Crippen molar-refractivity contribution < 1.29 is 14.2 Å². The lowest BCUT2D eigenvalue weighted by molar-refractivity contribution is 0.122. The molecule has 1 aliphatic rings. The molecule has 0 amide bonds. The van der Waals surface area contributed by atoms with Crippen molar-refractivity contribution in [3.63, 3.8) is 0 Å². The number of hydrogen-bond acceptors (Lipinski definition) is 5. The van der Waals surface area contributed by atoms with Gasteiger partial charge in [0.25, 0.3) is 0 Å². The highest BCUT2D eigenvalue weighted by Gasteiger charge is 2.11. The van der Waals surface area contributed by atoms with Gasteiger partial charge >= 0.3 is 0 Å². The molecule has 0 aromatic heterocycles. The van der Waals surface area contributed by atoms with Crippen LogP contribution in [0.4, 0.5) is 11.4 Å². The average Bonchev–Trinajstić information content (AvgIpc) is 2.67. The minimum atomic E-state index is 0. The summed E-state index contributed by atoms with van der Waals surface area (Å²) in [6, 6.07) is 14.4. The number of benzene rings is 2. The first-order chi connectivity index (χ1) is 11.8. The van der Waals surface area contributed by atoms with E-state index in [0.29, 0.717) is 6.54 Å². The molecular weight excluding hydrogens is 340 g/mol. The number of rotatable bonds is 6. The Balaban J connectivity index is 0.00000225. The highest BCUT2D eigenvalue weighted by Crippen LogP contribution is 2.31. The van der Waals surface area contributed by atoms with Gasteiger partial charge in [0.1, 0.15) is 0 Å². The van der Waals surface area contributed by atoms with Gasteiger partial charge in [-0.3, -0.25) is 0 Å². The van der Waals surface area contributed by atoms with Crippen LogP contribution in [0.1, 0.15) is 5.56 Å². The van der Waals surface area contributed by atoms with E-state index < -0.39 is 0 Å². The number of hydrogen-bond donors (Lipinski definition) is 1. The first-order valence-electron chi connectivity index (χ1n) is 8.18. The van der Waals surface area contributed by atoms with Crippen LogP contribution in [0.3, 0.4) is 0 Å². The highest BCUT2D eigenvalue weighted by atomic mass is 35.5. The van der Waals surface area contributed by atoms with Crippen LogP contribution in [0.2, 0.25) is 0 Å². The summed E-state index contributed by atoms with van der Waals surface area (Å²) >= 11 is 0. The molecule has 1 saturated heterocycles. The Hall–Kier alpha value is -2.11. The SMILES string of the molecule is COc1cccc(CNc2ccc(N3CCOCC3)cc2)c1OC.Cl. The van der Waals surface area contributed by atoms with Gasteiger partial charge in [-0.25, -0.2) is 0 Å². The molecule has 0 spiro atoms. The molecule has 0 radical (unpaired) electrons. The first-order valence-corrected chi connectivity index (χ1v) is 8.18. The Morgan fingerprint density at radius 1 is 1.00 bits per heavy atom. The smallest absolute Gasteiger partial charge is 0.165 e. The van der Waals surface area contributed by atoms with E-state index in [1.165, 1.54) is 5.69 Å². The fourth-order valence-corrected chi connectivity index (χ4v) is 2.90. The summed E-state index contributed by atoms with van der Waals surface area (Å²) in [5.41, 5.74) is 3.38. The van der Waals surface area contributed by atoms with E-state index in [9.17, 15) is 0 Å². The Morgan fingerprint density at radius 2 is 1.72 bits per heavy atom. The van der Waals surface area contributed by atoms with E-state index in [2.05, 4.69) is 34.5 Å². The predicted molar refractivity (Wildman–Crippen MR) is 104 cm³/mol. The summed E-state index contributed by atoms with van der Waals surface area (Å²) in [7, 11) is 3.32. The van der Waals surface area contributed by atoms with Gasteiger partial charge in [0.2, 0.25) is 0 Å². The first kappa shape index (κ1) is 19.2. The third kappa shape index (κ3) is 4.71. The summed E-state index contributed by atoms with van der Waals surface area (Å²) < 4.78 is 16.2. The summed E-state index contributed by atoms with van der Waals surface area (Å²) in [5, 5.41) is 3.44. The Morgan fingerprint density at radius 3 is 2.36 bits per heavy atom. The number of morpholine rings is 1. The van der Waals surface area contributed by atoms with Gasteiger partial charge in [0, 0.05) is 36.6 Å². The van der Waals surface area contributed by atoms with Crippen molar-refractivity contribution in [1.82, 2.24) is 0 Å². The molecule has 5 nitrogen and oxygen atoms in total. The summed E-state index contributed by atoms with van der Waals surface area (Å²) in [6.45, 7) is 4.18. The zero-order valence-electron chi connectivity index (χ0n) is 14.7. The number of nitrogens with zero attached hydrogens (tertiary/aromatic N) is 1. The lowest BCUT2D eigenvalue weighted by Crippen LogP contribution is -2.36. The van der Waals surface area contributed by atoms with Crippen LogP contribution in [0.5, 0.6) is 11.5 Å². The van der Waals surface area contributed by atoms with Crippen LogP contribution in [0.15, 0.2) is 42.5 Å². The van der Waals surface area contributed by atoms with Gasteiger partial charge < -0.3 is 24.4 Å². The van der Waals surface area contributed by atoms with Gasteiger partial charge in [-0.1, -0.05) is 12.1 Å². The standard InChI is InChI=1S/C19H24N2O3.ClH/c1-22-18-5-3-4-15(19(18)23-2)14-20-16-6-8-17(9-7-16)21-10-12-24-13-11-21;/h3-9,20H,10-14H2,1-2H3;1H. The lowest BCUT2D eigenvalue weighted by atomic mass is 10.1. The third-order valence-corrected chi connectivity index (χ3v) is 4.21. The zero-order valence-corrected chi connectivity index (χ0v) is 15.5. The molecule has 0 unspecified atom stereocenters. The van der Waals surface area contributed by atoms with E-state index in [0.717, 1.165) is 49.1 Å². The minimum absolute atomic E-state index is 0. The maximum Gasteiger partial charge on any atom is 0.165 e.